The summed E-state index contributed by atoms with van der Waals surface area (Å²) < 4.78 is 4.99. The summed E-state index contributed by atoms with van der Waals surface area (Å²) >= 11 is 0. The zero-order valence-electron chi connectivity index (χ0n) is 14.0. The third-order valence-electron chi connectivity index (χ3n) is 4.55. The van der Waals surface area contributed by atoms with E-state index in [2.05, 4.69) is 20.5 Å². The Balaban J connectivity index is 1.70. The molecule has 1 atom stereocenters. The SMILES string of the molecule is O=c1n(CCn2cncn2)nc([C@@H]2CCCNC2)n1-c1ccccc1. The molecular weight excluding hydrogens is 318 g/mol. The van der Waals surface area contributed by atoms with Gasteiger partial charge in [-0.2, -0.15) is 10.2 Å². The van der Waals surface area contributed by atoms with E-state index in [0.29, 0.717) is 13.1 Å². The van der Waals surface area contributed by atoms with E-state index in [0.717, 1.165) is 37.4 Å². The Hall–Kier alpha value is -2.74. The van der Waals surface area contributed by atoms with Crippen LogP contribution in [0, 0.1) is 0 Å². The number of nitrogens with one attached hydrogen (secondary N) is 1. The molecule has 2 aromatic heterocycles. The van der Waals surface area contributed by atoms with Gasteiger partial charge in [-0.25, -0.2) is 19.0 Å². The number of rotatable bonds is 5. The summed E-state index contributed by atoms with van der Waals surface area (Å²) in [6.45, 7) is 2.91. The van der Waals surface area contributed by atoms with Crippen LogP contribution >= 0.6 is 0 Å². The lowest BCUT2D eigenvalue weighted by Crippen LogP contribution is -2.31. The first kappa shape index (κ1) is 15.8. The second-order valence-corrected chi connectivity index (χ2v) is 6.24. The molecule has 0 amide bonds. The highest BCUT2D eigenvalue weighted by molar-refractivity contribution is 5.33. The summed E-state index contributed by atoms with van der Waals surface area (Å²) in [5.41, 5.74) is 0.756. The molecule has 1 aliphatic rings. The summed E-state index contributed by atoms with van der Waals surface area (Å²) in [6.07, 6.45) is 5.27. The summed E-state index contributed by atoms with van der Waals surface area (Å²) in [7, 11) is 0. The number of hydrogen-bond acceptors (Lipinski definition) is 5. The van der Waals surface area contributed by atoms with E-state index in [-0.39, 0.29) is 11.6 Å². The van der Waals surface area contributed by atoms with E-state index in [1.807, 2.05) is 30.3 Å². The average Bonchev–Trinajstić information content (AvgIpc) is 3.29. The summed E-state index contributed by atoms with van der Waals surface area (Å²) in [4.78, 5) is 16.9. The van der Waals surface area contributed by atoms with Crippen LogP contribution in [0.5, 0.6) is 0 Å². The molecule has 3 aromatic rings. The van der Waals surface area contributed by atoms with Crippen molar-refractivity contribution in [3.63, 3.8) is 0 Å². The lowest BCUT2D eigenvalue weighted by Gasteiger charge is -2.22. The van der Waals surface area contributed by atoms with Crippen molar-refractivity contribution < 1.29 is 0 Å². The highest BCUT2D eigenvalue weighted by Gasteiger charge is 2.24. The van der Waals surface area contributed by atoms with Gasteiger partial charge >= 0.3 is 5.69 Å². The molecule has 0 bridgehead atoms. The predicted octanol–water partition coefficient (Wildman–Crippen LogP) is 0.793. The molecule has 8 heteroatoms. The van der Waals surface area contributed by atoms with E-state index in [1.54, 1.807) is 20.3 Å². The molecule has 1 saturated heterocycles. The highest BCUT2D eigenvalue weighted by Crippen LogP contribution is 2.22. The van der Waals surface area contributed by atoms with Gasteiger partial charge in [0.15, 0.2) is 0 Å². The highest BCUT2D eigenvalue weighted by atomic mass is 16.2. The van der Waals surface area contributed by atoms with Gasteiger partial charge in [-0.3, -0.25) is 4.68 Å². The molecule has 3 heterocycles. The minimum absolute atomic E-state index is 0.105. The lowest BCUT2D eigenvalue weighted by atomic mass is 9.99. The van der Waals surface area contributed by atoms with E-state index in [1.165, 1.54) is 6.33 Å². The van der Waals surface area contributed by atoms with Crippen LogP contribution in [0.1, 0.15) is 24.6 Å². The van der Waals surface area contributed by atoms with Gasteiger partial charge in [-0.1, -0.05) is 18.2 Å². The maximum Gasteiger partial charge on any atom is 0.350 e. The van der Waals surface area contributed by atoms with Crippen molar-refractivity contribution in [3.8, 4) is 5.69 Å². The second-order valence-electron chi connectivity index (χ2n) is 6.24. The molecule has 4 rings (SSSR count). The summed E-state index contributed by atoms with van der Waals surface area (Å²) in [5, 5.41) is 12.2. The van der Waals surface area contributed by atoms with Crippen molar-refractivity contribution in [2.75, 3.05) is 13.1 Å². The molecule has 0 saturated carbocycles. The number of piperidine rings is 1. The monoisotopic (exact) mass is 339 g/mol. The van der Waals surface area contributed by atoms with Crippen LogP contribution < -0.4 is 11.0 Å². The lowest BCUT2D eigenvalue weighted by molar-refractivity contribution is 0.435. The molecule has 1 aromatic carbocycles. The van der Waals surface area contributed by atoms with Crippen LogP contribution in [0.2, 0.25) is 0 Å². The molecular formula is C17H21N7O. The fraction of sp³-hybridized carbons (Fsp3) is 0.412. The number of aryl methyl sites for hydroxylation is 2. The van der Waals surface area contributed by atoms with E-state index >= 15 is 0 Å². The first-order chi connectivity index (χ1) is 12.3. The van der Waals surface area contributed by atoms with Crippen molar-refractivity contribution in [3.05, 3.63) is 59.3 Å². The standard InChI is InChI=1S/C17H21N7O/c25-17-23(10-9-22-13-19-12-20-22)21-16(14-5-4-8-18-11-14)24(17)15-6-2-1-3-7-15/h1-3,6-7,12-14,18H,4-5,8-11H2/t14-/m1/s1. The summed E-state index contributed by atoms with van der Waals surface area (Å²) in [6, 6.07) is 9.73. The fourth-order valence-corrected chi connectivity index (χ4v) is 3.27. The van der Waals surface area contributed by atoms with Crippen molar-refractivity contribution in [1.29, 1.82) is 0 Å². The summed E-state index contributed by atoms with van der Waals surface area (Å²) in [5.74, 6) is 1.08. The Kier molecular flexibility index (Phi) is 4.43. The van der Waals surface area contributed by atoms with Gasteiger partial charge < -0.3 is 5.32 Å². The van der Waals surface area contributed by atoms with Crippen LogP contribution in [0.4, 0.5) is 0 Å². The molecule has 0 radical (unpaired) electrons. The minimum atomic E-state index is -0.105. The quantitative estimate of drug-likeness (QED) is 0.743. The second kappa shape index (κ2) is 7.02. The molecule has 1 N–H and O–H groups in total. The van der Waals surface area contributed by atoms with E-state index in [4.69, 9.17) is 0 Å². The number of aromatic nitrogens is 6. The minimum Gasteiger partial charge on any atom is -0.316 e. The van der Waals surface area contributed by atoms with Crippen LogP contribution in [0.15, 0.2) is 47.8 Å². The Labute approximate surface area is 145 Å². The first-order valence-electron chi connectivity index (χ1n) is 8.61. The number of nitrogens with zero attached hydrogens (tertiary/aromatic N) is 6. The van der Waals surface area contributed by atoms with Gasteiger partial charge in [0.1, 0.15) is 18.5 Å². The van der Waals surface area contributed by atoms with Crippen LogP contribution in [-0.4, -0.2) is 42.2 Å². The molecule has 25 heavy (non-hydrogen) atoms. The van der Waals surface area contributed by atoms with Gasteiger partial charge in [0.2, 0.25) is 0 Å². The van der Waals surface area contributed by atoms with Crippen molar-refractivity contribution in [1.82, 2.24) is 34.4 Å². The Morgan fingerprint density at radius 2 is 2.08 bits per heavy atom. The third-order valence-corrected chi connectivity index (χ3v) is 4.55. The van der Waals surface area contributed by atoms with Crippen molar-refractivity contribution >= 4 is 0 Å². The Bertz CT molecular complexity index is 860. The normalized spacial score (nSPS) is 17.7. The van der Waals surface area contributed by atoms with Crippen LogP contribution in [0.3, 0.4) is 0 Å². The van der Waals surface area contributed by atoms with Gasteiger partial charge in [0, 0.05) is 12.5 Å². The Morgan fingerprint density at radius 3 is 2.80 bits per heavy atom. The van der Waals surface area contributed by atoms with Gasteiger partial charge in [0.05, 0.1) is 18.8 Å². The number of hydrogen-bond donors (Lipinski definition) is 1. The van der Waals surface area contributed by atoms with E-state index < -0.39 is 0 Å². The first-order valence-corrected chi connectivity index (χ1v) is 8.61. The van der Waals surface area contributed by atoms with Gasteiger partial charge in [0.25, 0.3) is 0 Å². The topological polar surface area (TPSA) is 82.6 Å². The maximum atomic E-state index is 13.0. The third kappa shape index (κ3) is 3.25. The smallest absolute Gasteiger partial charge is 0.316 e. The van der Waals surface area contributed by atoms with Crippen LogP contribution in [-0.2, 0) is 13.1 Å². The zero-order valence-corrected chi connectivity index (χ0v) is 14.0. The number of benzene rings is 1. The van der Waals surface area contributed by atoms with Crippen molar-refractivity contribution in [2.45, 2.75) is 31.8 Å². The van der Waals surface area contributed by atoms with Gasteiger partial charge in [-0.05, 0) is 31.5 Å². The van der Waals surface area contributed by atoms with Gasteiger partial charge in [-0.15, -0.1) is 0 Å². The fourth-order valence-electron chi connectivity index (χ4n) is 3.27. The molecule has 8 nitrogen and oxygen atoms in total. The molecule has 0 unspecified atom stereocenters. The predicted molar refractivity (Wildman–Crippen MR) is 92.7 cm³/mol. The largest absolute Gasteiger partial charge is 0.350 e. The molecule has 1 aliphatic heterocycles. The molecule has 130 valence electrons. The van der Waals surface area contributed by atoms with Crippen molar-refractivity contribution in [2.24, 2.45) is 0 Å². The number of para-hydroxylation sites is 1. The molecule has 0 aliphatic carbocycles. The Morgan fingerprint density at radius 1 is 1.20 bits per heavy atom. The zero-order chi connectivity index (χ0) is 17.1. The molecule has 1 fully saturated rings. The van der Waals surface area contributed by atoms with E-state index in [9.17, 15) is 4.79 Å². The average molecular weight is 339 g/mol. The molecule has 0 spiro atoms. The maximum absolute atomic E-state index is 13.0. The van der Waals surface area contributed by atoms with Crippen LogP contribution in [0.25, 0.3) is 5.69 Å².